The summed E-state index contributed by atoms with van der Waals surface area (Å²) < 4.78 is 84.9. The van der Waals surface area contributed by atoms with Crippen molar-refractivity contribution in [2.24, 2.45) is 0 Å². The van der Waals surface area contributed by atoms with Gasteiger partial charge in [0.05, 0.1) is 10.6 Å². The van der Waals surface area contributed by atoms with E-state index in [4.69, 9.17) is 0 Å². The van der Waals surface area contributed by atoms with E-state index in [0.29, 0.717) is 12.1 Å². The van der Waals surface area contributed by atoms with Crippen LogP contribution < -0.4 is 5.32 Å². The second kappa shape index (κ2) is 5.35. The Labute approximate surface area is 110 Å². The number of carbonyl (C=O) groups excluding carboxylic acids is 1. The molecular weight excluding hydrogens is 309 g/mol. The maximum absolute atomic E-state index is 13.3. The van der Waals surface area contributed by atoms with Gasteiger partial charge in [-0.25, -0.2) is 21.6 Å². The number of carbonyl (C=O) groups is 1. The van der Waals surface area contributed by atoms with Crippen molar-refractivity contribution in [2.45, 2.75) is 17.2 Å². The van der Waals surface area contributed by atoms with Crippen molar-refractivity contribution in [3.63, 3.8) is 0 Å². The highest BCUT2D eigenvalue weighted by molar-refractivity contribution is 7.90. The number of benzene rings is 1. The van der Waals surface area contributed by atoms with Crippen molar-refractivity contribution in [1.82, 2.24) is 0 Å². The first-order valence-electron chi connectivity index (χ1n) is 4.93. The Balaban J connectivity index is 3.13. The molecule has 0 aliphatic heterocycles. The van der Waals surface area contributed by atoms with Gasteiger partial charge in [0.1, 0.15) is 5.82 Å². The molecule has 0 saturated carbocycles. The number of nitrogens with one attached hydrogen (secondary N) is 1. The van der Waals surface area contributed by atoms with E-state index in [0.717, 1.165) is 12.3 Å². The Kier molecular flexibility index (Phi) is 4.37. The van der Waals surface area contributed by atoms with Crippen molar-refractivity contribution in [2.75, 3.05) is 11.6 Å². The molecule has 0 saturated heterocycles. The standard InChI is InChI=1S/C10H8F5NO3S/c1-20(18,19)5-2-3-6(11)7(4-5)16-9(17)10(14,15)8(12)13/h2-4,8H,1H3,(H,16,17). The van der Waals surface area contributed by atoms with Crippen LogP contribution in [-0.4, -0.2) is 32.9 Å². The zero-order valence-electron chi connectivity index (χ0n) is 9.83. The highest BCUT2D eigenvalue weighted by Gasteiger charge is 2.49. The van der Waals surface area contributed by atoms with Crippen LogP contribution in [0.15, 0.2) is 23.1 Å². The zero-order chi connectivity index (χ0) is 15.7. The lowest BCUT2D eigenvalue weighted by Gasteiger charge is -2.15. The second-order valence-corrected chi connectivity index (χ2v) is 5.81. The fourth-order valence-electron chi connectivity index (χ4n) is 1.14. The van der Waals surface area contributed by atoms with Crippen LogP contribution in [-0.2, 0) is 14.6 Å². The molecule has 0 heterocycles. The molecule has 10 heteroatoms. The highest BCUT2D eigenvalue weighted by atomic mass is 32.2. The number of halogens is 5. The third kappa shape index (κ3) is 3.44. The number of sulfone groups is 1. The van der Waals surface area contributed by atoms with E-state index in [1.165, 1.54) is 5.32 Å². The van der Waals surface area contributed by atoms with Gasteiger partial charge in [-0.1, -0.05) is 0 Å². The molecule has 1 rings (SSSR count). The predicted octanol–water partition coefficient (Wildman–Crippen LogP) is 2.07. The predicted molar refractivity (Wildman–Crippen MR) is 59.1 cm³/mol. The normalized spacial score (nSPS) is 12.6. The van der Waals surface area contributed by atoms with E-state index in [-0.39, 0.29) is 0 Å². The summed E-state index contributed by atoms with van der Waals surface area (Å²) in [6, 6.07) is 2.00. The van der Waals surface area contributed by atoms with Crippen molar-refractivity contribution < 1.29 is 35.2 Å². The Hall–Kier alpha value is -1.71. The second-order valence-electron chi connectivity index (χ2n) is 3.79. The van der Waals surface area contributed by atoms with E-state index in [1.54, 1.807) is 0 Å². The van der Waals surface area contributed by atoms with Crippen LogP contribution in [0.5, 0.6) is 0 Å². The topological polar surface area (TPSA) is 63.2 Å². The van der Waals surface area contributed by atoms with Crippen molar-refractivity contribution in [1.29, 1.82) is 0 Å². The van der Waals surface area contributed by atoms with Crippen LogP contribution in [0.3, 0.4) is 0 Å². The van der Waals surface area contributed by atoms with E-state index in [2.05, 4.69) is 0 Å². The van der Waals surface area contributed by atoms with Gasteiger partial charge in [-0.2, -0.15) is 8.78 Å². The van der Waals surface area contributed by atoms with E-state index in [1.807, 2.05) is 0 Å². The molecular formula is C10H8F5NO3S. The molecule has 0 aliphatic carbocycles. The number of anilines is 1. The number of alkyl halides is 4. The number of hydrogen-bond donors (Lipinski definition) is 1. The molecule has 1 amide bonds. The van der Waals surface area contributed by atoms with Gasteiger partial charge in [-0.15, -0.1) is 0 Å². The van der Waals surface area contributed by atoms with Crippen molar-refractivity contribution in [3.8, 4) is 0 Å². The van der Waals surface area contributed by atoms with Crippen molar-refractivity contribution in [3.05, 3.63) is 24.0 Å². The fourth-order valence-corrected chi connectivity index (χ4v) is 1.78. The third-order valence-corrected chi connectivity index (χ3v) is 3.30. The monoisotopic (exact) mass is 317 g/mol. The highest BCUT2D eigenvalue weighted by Crippen LogP contribution is 2.26. The van der Waals surface area contributed by atoms with Crippen LogP contribution in [0.4, 0.5) is 27.6 Å². The fraction of sp³-hybridized carbons (Fsp3) is 0.300. The summed E-state index contributed by atoms with van der Waals surface area (Å²) in [6.45, 7) is 0. The van der Waals surface area contributed by atoms with Gasteiger partial charge in [-0.05, 0) is 18.2 Å². The Bertz CT molecular complexity index is 630. The van der Waals surface area contributed by atoms with Crippen LogP contribution in [0.25, 0.3) is 0 Å². The average molecular weight is 317 g/mol. The first-order chi connectivity index (χ1) is 8.96. The molecule has 112 valence electrons. The number of amides is 1. The molecule has 20 heavy (non-hydrogen) atoms. The molecule has 1 N–H and O–H groups in total. The minimum atomic E-state index is -5.02. The minimum Gasteiger partial charge on any atom is -0.318 e. The SMILES string of the molecule is CS(=O)(=O)c1ccc(F)c(NC(=O)C(F)(F)C(F)F)c1. The minimum absolute atomic E-state index is 0.463. The number of hydrogen-bond acceptors (Lipinski definition) is 3. The van der Waals surface area contributed by atoms with Gasteiger partial charge in [-0.3, -0.25) is 4.79 Å². The van der Waals surface area contributed by atoms with Crippen LogP contribution in [0, 0.1) is 5.82 Å². The van der Waals surface area contributed by atoms with Gasteiger partial charge < -0.3 is 5.32 Å². The van der Waals surface area contributed by atoms with Gasteiger partial charge in [0.25, 0.3) is 0 Å². The smallest absolute Gasteiger partial charge is 0.318 e. The Morgan fingerprint density at radius 3 is 2.30 bits per heavy atom. The maximum atomic E-state index is 13.3. The molecule has 0 fully saturated rings. The quantitative estimate of drug-likeness (QED) is 0.683. The molecule has 0 bridgehead atoms. The molecule has 0 radical (unpaired) electrons. The summed E-state index contributed by atoms with van der Waals surface area (Å²) in [5.74, 6) is -8.69. The molecule has 0 spiro atoms. The first-order valence-corrected chi connectivity index (χ1v) is 6.82. The molecule has 1 aromatic rings. The van der Waals surface area contributed by atoms with Gasteiger partial charge in [0.15, 0.2) is 9.84 Å². The number of rotatable bonds is 4. The van der Waals surface area contributed by atoms with Crippen molar-refractivity contribution >= 4 is 21.4 Å². The van der Waals surface area contributed by atoms with Gasteiger partial charge in [0, 0.05) is 6.26 Å². The maximum Gasteiger partial charge on any atom is 0.383 e. The van der Waals surface area contributed by atoms with E-state index >= 15 is 0 Å². The molecule has 0 aromatic heterocycles. The summed E-state index contributed by atoms with van der Waals surface area (Å²) in [6.07, 6.45) is -3.51. The van der Waals surface area contributed by atoms with Gasteiger partial charge in [0.2, 0.25) is 0 Å². The third-order valence-electron chi connectivity index (χ3n) is 2.19. The van der Waals surface area contributed by atoms with Crippen LogP contribution in [0.2, 0.25) is 0 Å². The van der Waals surface area contributed by atoms with Crippen LogP contribution >= 0.6 is 0 Å². The first kappa shape index (κ1) is 16.3. The Morgan fingerprint density at radius 2 is 1.85 bits per heavy atom. The molecule has 0 atom stereocenters. The molecule has 1 aromatic carbocycles. The lowest BCUT2D eigenvalue weighted by molar-refractivity contribution is -0.163. The lowest BCUT2D eigenvalue weighted by atomic mass is 10.2. The van der Waals surface area contributed by atoms with Gasteiger partial charge >= 0.3 is 18.3 Å². The summed E-state index contributed by atoms with van der Waals surface area (Å²) in [5.41, 5.74) is -0.932. The Morgan fingerprint density at radius 1 is 1.30 bits per heavy atom. The summed E-state index contributed by atoms with van der Waals surface area (Å²) in [5, 5.41) is 1.24. The lowest BCUT2D eigenvalue weighted by Crippen LogP contribution is -2.41. The summed E-state index contributed by atoms with van der Waals surface area (Å²) in [4.78, 5) is 10.5. The summed E-state index contributed by atoms with van der Waals surface area (Å²) in [7, 11) is -3.78. The van der Waals surface area contributed by atoms with E-state index < -0.39 is 44.5 Å². The summed E-state index contributed by atoms with van der Waals surface area (Å²) >= 11 is 0. The molecule has 4 nitrogen and oxygen atoms in total. The molecule has 0 unspecified atom stereocenters. The average Bonchev–Trinajstić information content (AvgIpc) is 2.30. The van der Waals surface area contributed by atoms with Crippen LogP contribution in [0.1, 0.15) is 0 Å². The zero-order valence-corrected chi connectivity index (χ0v) is 10.6. The van der Waals surface area contributed by atoms with E-state index in [9.17, 15) is 35.2 Å². The molecule has 0 aliphatic rings. The largest absolute Gasteiger partial charge is 0.383 e.